The van der Waals surface area contributed by atoms with Crippen LogP contribution in [0, 0.1) is 0 Å². The van der Waals surface area contributed by atoms with Gasteiger partial charge in [-0.1, -0.05) is 224 Å². The van der Waals surface area contributed by atoms with Crippen molar-refractivity contribution in [1.29, 1.82) is 0 Å². The maximum Gasteiger partial charge on any atom is 0.306 e. The Morgan fingerprint density at radius 2 is 0.535 bits per heavy atom. The van der Waals surface area contributed by atoms with Gasteiger partial charge in [0.25, 0.3) is 0 Å². The molecule has 0 fully saturated rings. The molecule has 0 bridgehead atoms. The fourth-order valence-corrected chi connectivity index (χ4v) is 6.94. The Bertz CT molecular complexity index is 1640. The number of ether oxygens (including phenoxy) is 3. The molecule has 0 N–H and O–H groups in total. The van der Waals surface area contributed by atoms with Crippen molar-refractivity contribution in [3.05, 3.63) is 158 Å². The highest BCUT2D eigenvalue weighted by molar-refractivity contribution is 5.71. The quantitative estimate of drug-likeness (QED) is 0.0262. The molecule has 0 rings (SSSR count). The van der Waals surface area contributed by atoms with Crippen molar-refractivity contribution >= 4 is 17.9 Å². The van der Waals surface area contributed by atoms with E-state index in [-0.39, 0.29) is 44.0 Å². The Hall–Kier alpha value is -4.97. The lowest BCUT2D eigenvalue weighted by molar-refractivity contribution is -0.166. The van der Waals surface area contributed by atoms with Gasteiger partial charge < -0.3 is 14.2 Å². The van der Waals surface area contributed by atoms with Crippen LogP contribution in [0.3, 0.4) is 0 Å². The van der Waals surface area contributed by atoms with E-state index in [1.165, 1.54) is 12.8 Å². The van der Waals surface area contributed by atoms with Crippen molar-refractivity contribution in [2.45, 2.75) is 219 Å². The highest BCUT2D eigenvalue weighted by Crippen LogP contribution is 2.13. The molecule has 1 atom stereocenters. The summed E-state index contributed by atoms with van der Waals surface area (Å²) in [6.07, 6.45) is 83.8. The average Bonchev–Trinajstić information content (AvgIpc) is 3.37. The topological polar surface area (TPSA) is 78.9 Å². The van der Waals surface area contributed by atoms with Crippen LogP contribution in [-0.2, 0) is 28.6 Å². The molecule has 71 heavy (non-hydrogen) atoms. The van der Waals surface area contributed by atoms with Crippen molar-refractivity contribution in [3.63, 3.8) is 0 Å². The van der Waals surface area contributed by atoms with Gasteiger partial charge >= 0.3 is 17.9 Å². The summed E-state index contributed by atoms with van der Waals surface area (Å²) in [5, 5.41) is 0. The highest BCUT2D eigenvalue weighted by atomic mass is 16.6. The van der Waals surface area contributed by atoms with Crippen LogP contribution in [0.25, 0.3) is 0 Å². The van der Waals surface area contributed by atoms with E-state index in [2.05, 4.69) is 167 Å². The Balaban J connectivity index is 4.59. The van der Waals surface area contributed by atoms with Gasteiger partial charge in [0, 0.05) is 19.3 Å². The lowest BCUT2D eigenvalue weighted by atomic mass is 10.1. The van der Waals surface area contributed by atoms with Crippen molar-refractivity contribution < 1.29 is 28.6 Å². The predicted molar refractivity (Wildman–Crippen MR) is 306 cm³/mol. The predicted octanol–water partition coefficient (Wildman–Crippen LogP) is 19.0. The summed E-state index contributed by atoms with van der Waals surface area (Å²) in [7, 11) is 0. The molecule has 0 aromatic rings. The number of carbonyl (C=O) groups is 3. The zero-order valence-corrected chi connectivity index (χ0v) is 45.2. The first-order valence-electron chi connectivity index (χ1n) is 28.0. The zero-order valence-electron chi connectivity index (χ0n) is 45.2. The molecule has 6 heteroatoms. The Morgan fingerprint density at radius 3 is 0.873 bits per heavy atom. The minimum Gasteiger partial charge on any atom is -0.462 e. The highest BCUT2D eigenvalue weighted by Gasteiger charge is 2.19. The summed E-state index contributed by atoms with van der Waals surface area (Å²) in [5.74, 6) is -1.05. The third kappa shape index (κ3) is 55.8. The van der Waals surface area contributed by atoms with Gasteiger partial charge in [-0.15, -0.1) is 0 Å². The lowest BCUT2D eigenvalue weighted by Gasteiger charge is -2.18. The van der Waals surface area contributed by atoms with Gasteiger partial charge in [-0.3, -0.25) is 14.4 Å². The third-order valence-corrected chi connectivity index (χ3v) is 11.0. The Labute approximate surface area is 435 Å². The average molecular weight is 978 g/mol. The first-order chi connectivity index (χ1) is 35.0. The second-order valence-corrected chi connectivity index (χ2v) is 17.7. The van der Waals surface area contributed by atoms with E-state index >= 15 is 0 Å². The van der Waals surface area contributed by atoms with Crippen LogP contribution in [0.4, 0.5) is 0 Å². The van der Waals surface area contributed by atoms with Gasteiger partial charge in [0.1, 0.15) is 13.2 Å². The zero-order chi connectivity index (χ0) is 51.4. The van der Waals surface area contributed by atoms with Gasteiger partial charge in [0.2, 0.25) is 0 Å². The standard InChI is InChI=1S/C65H100O6/c1-4-7-10-13-16-19-22-25-28-30-32-34-37-40-43-46-49-52-55-58-64(67)70-61-62(60-69-63(66)57-54-51-48-45-42-39-36-27-24-21-18-15-12-9-6-3)71-65(68)59-56-53-50-47-44-41-38-35-33-31-29-26-23-20-17-14-11-8-5-2/h7-12,16-21,25-29,32-36,40,43,49,52,62H,4-6,13-15,22-24,30-31,37-39,41-42,44-48,50-51,53-61H2,1-3H3/b10-7-,11-8-,12-9-,19-16-,20-17-,21-18-,28-25-,29-26-,34-32-,35-33-,36-27-,43-40-,52-49-. The van der Waals surface area contributed by atoms with E-state index in [0.29, 0.717) is 12.8 Å². The van der Waals surface area contributed by atoms with Gasteiger partial charge in [0.05, 0.1) is 0 Å². The van der Waals surface area contributed by atoms with E-state index in [1.807, 2.05) is 12.2 Å². The number of hydrogen-bond acceptors (Lipinski definition) is 6. The number of hydrogen-bond donors (Lipinski definition) is 0. The summed E-state index contributed by atoms with van der Waals surface area (Å²) in [4.78, 5) is 38.1. The molecule has 1 unspecified atom stereocenters. The maximum atomic E-state index is 12.9. The van der Waals surface area contributed by atoms with Gasteiger partial charge in [-0.2, -0.15) is 0 Å². The van der Waals surface area contributed by atoms with Crippen LogP contribution in [0.2, 0.25) is 0 Å². The molecule has 0 aliphatic carbocycles. The SMILES string of the molecule is CC/C=C\C/C=C\C/C=C\C/C=C\C/C=C\C/C=C\CCC(=O)OCC(COC(=O)CCCCCCC/C=C\C/C=C\C/C=C\CC)OC(=O)CCCCCCCC/C=C\C/C=C\C/C=C\C/C=C\CC. The summed E-state index contributed by atoms with van der Waals surface area (Å²) in [6, 6.07) is 0. The summed E-state index contributed by atoms with van der Waals surface area (Å²) in [5.41, 5.74) is 0. The second kappa shape index (κ2) is 57.6. The lowest BCUT2D eigenvalue weighted by Crippen LogP contribution is -2.30. The normalized spacial score (nSPS) is 13.3. The Morgan fingerprint density at radius 1 is 0.282 bits per heavy atom. The molecule has 0 saturated carbocycles. The molecule has 6 nitrogen and oxygen atoms in total. The third-order valence-electron chi connectivity index (χ3n) is 11.0. The Kier molecular flexibility index (Phi) is 53.6. The molecule has 0 radical (unpaired) electrons. The molecular weight excluding hydrogens is 877 g/mol. The number of carbonyl (C=O) groups excluding carboxylic acids is 3. The monoisotopic (exact) mass is 977 g/mol. The van der Waals surface area contributed by atoms with Crippen molar-refractivity contribution in [2.75, 3.05) is 13.2 Å². The first kappa shape index (κ1) is 66.0. The number of rotatable bonds is 48. The van der Waals surface area contributed by atoms with Crippen molar-refractivity contribution in [2.24, 2.45) is 0 Å². The summed E-state index contributed by atoms with van der Waals surface area (Å²) < 4.78 is 16.8. The van der Waals surface area contributed by atoms with Gasteiger partial charge in [0.15, 0.2) is 6.10 Å². The molecule has 0 spiro atoms. The molecule has 0 amide bonds. The molecule has 0 aliphatic rings. The largest absolute Gasteiger partial charge is 0.462 e. The van der Waals surface area contributed by atoms with Crippen LogP contribution >= 0.6 is 0 Å². The fourth-order valence-electron chi connectivity index (χ4n) is 6.94. The van der Waals surface area contributed by atoms with Crippen LogP contribution in [0.1, 0.15) is 213 Å². The van der Waals surface area contributed by atoms with Gasteiger partial charge in [-0.05, 0) is 128 Å². The van der Waals surface area contributed by atoms with Crippen LogP contribution in [-0.4, -0.2) is 37.2 Å². The molecule has 0 aromatic carbocycles. The van der Waals surface area contributed by atoms with E-state index < -0.39 is 6.10 Å². The number of esters is 3. The summed E-state index contributed by atoms with van der Waals surface area (Å²) in [6.45, 7) is 6.19. The molecular formula is C65H100O6. The van der Waals surface area contributed by atoms with E-state index in [0.717, 1.165) is 154 Å². The van der Waals surface area contributed by atoms with Crippen LogP contribution in [0.5, 0.6) is 0 Å². The van der Waals surface area contributed by atoms with Crippen molar-refractivity contribution in [3.8, 4) is 0 Å². The summed E-state index contributed by atoms with van der Waals surface area (Å²) >= 11 is 0. The number of unbranched alkanes of at least 4 members (excludes halogenated alkanes) is 11. The van der Waals surface area contributed by atoms with Crippen LogP contribution in [0.15, 0.2) is 158 Å². The smallest absolute Gasteiger partial charge is 0.306 e. The molecule has 396 valence electrons. The fraction of sp³-hybridized carbons (Fsp3) is 0.554. The van der Waals surface area contributed by atoms with E-state index in [1.54, 1.807) is 0 Å². The molecule has 0 aliphatic heterocycles. The van der Waals surface area contributed by atoms with Gasteiger partial charge in [-0.25, -0.2) is 0 Å². The molecule has 0 heterocycles. The number of allylic oxidation sites excluding steroid dienone is 26. The van der Waals surface area contributed by atoms with Crippen molar-refractivity contribution in [1.82, 2.24) is 0 Å². The van der Waals surface area contributed by atoms with E-state index in [4.69, 9.17) is 14.2 Å². The van der Waals surface area contributed by atoms with E-state index in [9.17, 15) is 14.4 Å². The minimum atomic E-state index is -0.832. The molecule has 0 aromatic heterocycles. The maximum absolute atomic E-state index is 12.9. The second-order valence-electron chi connectivity index (χ2n) is 17.7. The minimum absolute atomic E-state index is 0.124. The molecule has 0 saturated heterocycles. The van der Waals surface area contributed by atoms with Crippen LogP contribution < -0.4 is 0 Å². The first-order valence-corrected chi connectivity index (χ1v) is 28.0.